The number of hydrogen-bond donors (Lipinski definition) is 2. The second kappa shape index (κ2) is 6.11. The molecule has 0 spiro atoms. The van der Waals surface area contributed by atoms with Gasteiger partial charge in [0.15, 0.2) is 0 Å². The lowest BCUT2D eigenvalue weighted by Crippen LogP contribution is -2.46. The van der Waals surface area contributed by atoms with E-state index in [0.29, 0.717) is 37.9 Å². The van der Waals surface area contributed by atoms with Crippen molar-refractivity contribution in [3.63, 3.8) is 0 Å². The number of carboxylic acid groups (broad SMARTS) is 1. The smallest absolute Gasteiger partial charge is 0.309 e. The van der Waals surface area contributed by atoms with Gasteiger partial charge in [-0.05, 0) is 25.3 Å². The normalized spacial score (nSPS) is 17.5. The lowest BCUT2D eigenvalue weighted by atomic mass is 9.75. The number of H-pyrrole nitrogens is 1. The minimum absolute atomic E-state index is 0.211. The summed E-state index contributed by atoms with van der Waals surface area (Å²) in [6.45, 7) is 2.80. The molecule has 2 rings (SSSR count). The maximum absolute atomic E-state index is 12.3. The fourth-order valence-electron chi connectivity index (χ4n) is 2.95. The molecule has 2 N–H and O–H groups in total. The maximum Gasteiger partial charge on any atom is 0.309 e. The zero-order chi connectivity index (χ0) is 15.5. The summed E-state index contributed by atoms with van der Waals surface area (Å²) in [4.78, 5) is 39.2. The summed E-state index contributed by atoms with van der Waals surface area (Å²) in [5.74, 6) is -0.982. The summed E-state index contributed by atoms with van der Waals surface area (Å²) in [7, 11) is 0. The number of hydrogen-bond acceptors (Lipinski definition) is 3. The molecule has 1 aromatic heterocycles. The van der Waals surface area contributed by atoms with Crippen molar-refractivity contribution in [2.24, 2.45) is 5.41 Å². The average Bonchev–Trinajstić information content (AvgIpc) is 2.47. The van der Waals surface area contributed by atoms with E-state index < -0.39 is 11.4 Å². The van der Waals surface area contributed by atoms with Crippen LogP contribution in [0.5, 0.6) is 0 Å². The molecule has 0 unspecified atom stereocenters. The Morgan fingerprint density at radius 3 is 2.57 bits per heavy atom. The van der Waals surface area contributed by atoms with Crippen LogP contribution in [0.4, 0.5) is 0 Å². The monoisotopic (exact) mass is 292 g/mol. The second-order valence-corrected chi connectivity index (χ2v) is 5.57. The van der Waals surface area contributed by atoms with Gasteiger partial charge >= 0.3 is 5.97 Å². The van der Waals surface area contributed by atoms with Gasteiger partial charge in [0.2, 0.25) is 5.56 Å². The third-order valence-corrected chi connectivity index (χ3v) is 4.21. The molecule has 1 saturated heterocycles. The van der Waals surface area contributed by atoms with Gasteiger partial charge in [-0.25, -0.2) is 0 Å². The van der Waals surface area contributed by atoms with Crippen LogP contribution in [0.3, 0.4) is 0 Å². The number of carboxylic acids is 1. The van der Waals surface area contributed by atoms with Crippen LogP contribution in [0.15, 0.2) is 23.1 Å². The zero-order valence-electron chi connectivity index (χ0n) is 12.1. The van der Waals surface area contributed by atoms with Crippen LogP contribution in [-0.4, -0.2) is 40.0 Å². The SMILES string of the molecule is CCCC1(C(=O)O)CCN(C(=O)c2cc[nH]c(=O)c2)CC1. The minimum atomic E-state index is -0.771. The molecule has 0 aliphatic carbocycles. The molecule has 114 valence electrons. The van der Waals surface area contributed by atoms with Crippen LogP contribution >= 0.6 is 0 Å². The lowest BCUT2D eigenvalue weighted by molar-refractivity contribution is -0.152. The van der Waals surface area contributed by atoms with Crippen molar-refractivity contribution >= 4 is 11.9 Å². The van der Waals surface area contributed by atoms with Crippen molar-refractivity contribution in [3.05, 3.63) is 34.2 Å². The molecule has 2 heterocycles. The van der Waals surface area contributed by atoms with Crippen molar-refractivity contribution in [2.45, 2.75) is 32.6 Å². The van der Waals surface area contributed by atoms with Crippen LogP contribution in [0.2, 0.25) is 0 Å². The highest BCUT2D eigenvalue weighted by Crippen LogP contribution is 2.36. The van der Waals surface area contributed by atoms with Crippen LogP contribution in [-0.2, 0) is 4.79 Å². The fourth-order valence-corrected chi connectivity index (χ4v) is 2.95. The summed E-state index contributed by atoms with van der Waals surface area (Å²) in [5.41, 5.74) is -0.680. The Kier molecular flexibility index (Phi) is 4.45. The molecule has 0 aromatic carbocycles. The first-order valence-corrected chi connectivity index (χ1v) is 7.20. The van der Waals surface area contributed by atoms with E-state index >= 15 is 0 Å². The van der Waals surface area contributed by atoms with E-state index in [0.717, 1.165) is 6.42 Å². The van der Waals surface area contributed by atoms with Crippen molar-refractivity contribution in [1.82, 2.24) is 9.88 Å². The number of rotatable bonds is 4. The fraction of sp³-hybridized carbons (Fsp3) is 0.533. The molecule has 6 heteroatoms. The molecule has 6 nitrogen and oxygen atoms in total. The lowest BCUT2D eigenvalue weighted by Gasteiger charge is -2.38. The summed E-state index contributed by atoms with van der Waals surface area (Å²) in [5, 5.41) is 9.45. The third-order valence-electron chi connectivity index (χ3n) is 4.21. The van der Waals surface area contributed by atoms with E-state index in [-0.39, 0.29) is 11.5 Å². The predicted octanol–water partition coefficient (Wildman–Crippen LogP) is 1.48. The number of aromatic amines is 1. The van der Waals surface area contributed by atoms with Gasteiger partial charge in [-0.1, -0.05) is 13.3 Å². The molecule has 0 atom stereocenters. The third kappa shape index (κ3) is 3.15. The van der Waals surface area contributed by atoms with Crippen molar-refractivity contribution < 1.29 is 14.7 Å². The van der Waals surface area contributed by atoms with Crippen LogP contribution in [0.1, 0.15) is 43.0 Å². The number of pyridine rings is 1. The highest BCUT2D eigenvalue weighted by Gasteiger charge is 2.41. The van der Waals surface area contributed by atoms with Crippen molar-refractivity contribution in [1.29, 1.82) is 0 Å². The van der Waals surface area contributed by atoms with E-state index in [1.807, 2.05) is 6.92 Å². The van der Waals surface area contributed by atoms with Crippen LogP contribution < -0.4 is 5.56 Å². The number of amides is 1. The second-order valence-electron chi connectivity index (χ2n) is 5.57. The quantitative estimate of drug-likeness (QED) is 0.879. The number of aliphatic carboxylic acids is 1. The Labute approximate surface area is 122 Å². The number of aromatic nitrogens is 1. The number of nitrogens with zero attached hydrogens (tertiary/aromatic N) is 1. The van der Waals surface area contributed by atoms with Gasteiger partial charge in [0.05, 0.1) is 5.41 Å². The predicted molar refractivity (Wildman–Crippen MR) is 77.2 cm³/mol. The molecule has 0 bridgehead atoms. The number of carbonyl (C=O) groups excluding carboxylic acids is 1. The van der Waals surface area contributed by atoms with Crippen LogP contribution in [0.25, 0.3) is 0 Å². The number of piperidine rings is 1. The molecule has 1 fully saturated rings. The summed E-state index contributed by atoms with van der Waals surface area (Å²) >= 11 is 0. The Morgan fingerprint density at radius 2 is 2.05 bits per heavy atom. The summed E-state index contributed by atoms with van der Waals surface area (Å²) in [6.07, 6.45) is 3.82. The molecular formula is C15H20N2O4. The van der Waals surface area contributed by atoms with E-state index in [4.69, 9.17) is 0 Å². The first-order chi connectivity index (χ1) is 9.98. The first kappa shape index (κ1) is 15.3. The van der Waals surface area contributed by atoms with Gasteiger partial charge in [-0.15, -0.1) is 0 Å². The van der Waals surface area contributed by atoms with Gasteiger partial charge in [0.1, 0.15) is 0 Å². The summed E-state index contributed by atoms with van der Waals surface area (Å²) in [6, 6.07) is 2.84. The van der Waals surface area contributed by atoms with E-state index in [2.05, 4.69) is 4.98 Å². The minimum Gasteiger partial charge on any atom is -0.481 e. The van der Waals surface area contributed by atoms with Gasteiger partial charge in [-0.2, -0.15) is 0 Å². The maximum atomic E-state index is 12.3. The first-order valence-electron chi connectivity index (χ1n) is 7.20. The molecule has 21 heavy (non-hydrogen) atoms. The molecule has 1 aliphatic rings. The van der Waals surface area contributed by atoms with Crippen molar-refractivity contribution in [2.75, 3.05) is 13.1 Å². The Morgan fingerprint density at radius 1 is 1.38 bits per heavy atom. The highest BCUT2D eigenvalue weighted by molar-refractivity contribution is 5.94. The zero-order valence-corrected chi connectivity index (χ0v) is 12.1. The van der Waals surface area contributed by atoms with Gasteiger partial charge < -0.3 is 15.0 Å². The van der Waals surface area contributed by atoms with E-state index in [9.17, 15) is 19.5 Å². The number of carbonyl (C=O) groups is 2. The largest absolute Gasteiger partial charge is 0.481 e. The van der Waals surface area contributed by atoms with E-state index in [1.165, 1.54) is 12.3 Å². The number of likely N-dealkylation sites (tertiary alicyclic amines) is 1. The molecule has 0 radical (unpaired) electrons. The molecular weight excluding hydrogens is 272 g/mol. The Bertz CT molecular complexity index is 585. The Balaban J connectivity index is 2.08. The number of nitrogens with one attached hydrogen (secondary N) is 1. The van der Waals surface area contributed by atoms with Gasteiger partial charge in [0.25, 0.3) is 5.91 Å². The van der Waals surface area contributed by atoms with Gasteiger partial charge in [-0.3, -0.25) is 14.4 Å². The van der Waals surface area contributed by atoms with Crippen LogP contribution in [0, 0.1) is 5.41 Å². The van der Waals surface area contributed by atoms with Crippen molar-refractivity contribution in [3.8, 4) is 0 Å². The standard InChI is InChI=1S/C15H20N2O4/c1-2-4-15(14(20)21)5-8-17(9-6-15)13(19)11-3-7-16-12(18)10-11/h3,7,10H,2,4-6,8-9H2,1H3,(H,16,18)(H,20,21). The van der Waals surface area contributed by atoms with Gasteiger partial charge in [0, 0.05) is 30.9 Å². The molecule has 1 aliphatic heterocycles. The Hall–Kier alpha value is -2.11. The topological polar surface area (TPSA) is 90.5 Å². The molecule has 0 saturated carbocycles. The average molecular weight is 292 g/mol. The van der Waals surface area contributed by atoms with E-state index in [1.54, 1.807) is 11.0 Å². The molecule has 1 amide bonds. The molecule has 1 aromatic rings. The summed E-state index contributed by atoms with van der Waals surface area (Å²) < 4.78 is 0. The highest BCUT2D eigenvalue weighted by atomic mass is 16.4.